The molecular weight excluding hydrogens is 587 g/mol. The van der Waals surface area contributed by atoms with Crippen LogP contribution in [0.4, 0.5) is 0 Å². The number of para-hydroxylation sites is 1. The number of nitrogens with zero attached hydrogens (tertiary/aromatic N) is 5. The predicted octanol–water partition coefficient (Wildman–Crippen LogP) is 10.6. The summed E-state index contributed by atoms with van der Waals surface area (Å²) in [5.74, 6) is 0.558. The quantitative estimate of drug-likeness (QED) is 0.196. The third-order valence-corrected chi connectivity index (χ3v) is 9.09. The monoisotopic (exact) mass is 624 g/mol. The van der Waals surface area contributed by atoms with E-state index in [1.807, 2.05) is 53.1 Å². The highest BCUT2D eigenvalue weighted by Gasteiger charge is 2.21. The van der Waals surface area contributed by atoms with Gasteiger partial charge in [-0.25, -0.2) is 4.98 Å². The van der Waals surface area contributed by atoms with Gasteiger partial charge in [0.05, 0.1) is 34.6 Å². The molecule has 0 saturated carbocycles. The zero-order valence-electron chi connectivity index (χ0n) is 32.0. The number of rotatable bonds is 4. The van der Waals surface area contributed by atoms with Gasteiger partial charge in [0.15, 0.2) is 11.6 Å². The Hall–Kier alpha value is -6.07. The van der Waals surface area contributed by atoms with Crippen molar-refractivity contribution in [2.75, 3.05) is 0 Å². The molecule has 230 valence electrons. The molecule has 0 spiro atoms. The van der Waals surface area contributed by atoms with Crippen molar-refractivity contribution < 1.29 is 6.85 Å². The second-order valence-corrected chi connectivity index (χ2v) is 12.6. The van der Waals surface area contributed by atoms with Gasteiger partial charge in [-0.3, -0.25) is 4.57 Å². The van der Waals surface area contributed by atoms with E-state index in [1.165, 1.54) is 0 Å². The summed E-state index contributed by atoms with van der Waals surface area (Å²) in [4.78, 5) is 15.0. The topological polar surface area (TPSA) is 48.5 Å². The van der Waals surface area contributed by atoms with Crippen LogP contribution < -0.4 is 0 Å². The first kappa shape index (κ1) is 23.3. The van der Waals surface area contributed by atoms with E-state index >= 15 is 0 Å². The third-order valence-electron chi connectivity index (χ3n) is 9.09. The molecule has 0 N–H and O–H groups in total. The third kappa shape index (κ3) is 4.43. The van der Waals surface area contributed by atoms with E-state index in [0.717, 1.165) is 71.6 Å². The van der Waals surface area contributed by atoms with Crippen molar-refractivity contribution in [1.82, 2.24) is 24.1 Å². The minimum Gasteiger partial charge on any atom is -0.309 e. The van der Waals surface area contributed by atoms with Crippen LogP contribution in [0.15, 0.2) is 127 Å². The maximum Gasteiger partial charge on any atom is 0.238 e. The Morgan fingerprint density at radius 3 is 1.46 bits per heavy atom. The Morgan fingerprint density at radius 2 is 0.938 bits per heavy atom. The van der Waals surface area contributed by atoms with Crippen LogP contribution >= 0.6 is 0 Å². The molecule has 48 heavy (non-hydrogen) atoms. The smallest absolute Gasteiger partial charge is 0.238 e. The first-order valence-corrected chi connectivity index (χ1v) is 16.0. The molecule has 9 aromatic rings. The van der Waals surface area contributed by atoms with Crippen molar-refractivity contribution in [3.63, 3.8) is 0 Å². The highest BCUT2D eigenvalue weighted by molar-refractivity contribution is 6.11. The first-order chi connectivity index (χ1) is 25.5. The predicted molar refractivity (Wildman–Crippen MR) is 198 cm³/mol. The van der Waals surface area contributed by atoms with E-state index in [0.29, 0.717) is 11.4 Å². The molecule has 0 unspecified atom stereocenters. The summed E-state index contributed by atoms with van der Waals surface area (Å²) in [6, 6.07) is 31.1. The van der Waals surface area contributed by atoms with Crippen LogP contribution in [0.3, 0.4) is 0 Å². The lowest BCUT2D eigenvalue weighted by molar-refractivity contribution is 0.951. The second kappa shape index (κ2) is 10.7. The van der Waals surface area contributed by atoms with Crippen molar-refractivity contribution in [3.8, 4) is 34.4 Å². The molecule has 0 aliphatic carbocycles. The fourth-order valence-corrected chi connectivity index (χ4v) is 6.89. The van der Waals surface area contributed by atoms with Crippen molar-refractivity contribution >= 4 is 43.6 Å². The summed E-state index contributed by atoms with van der Waals surface area (Å²) in [7, 11) is 0. The van der Waals surface area contributed by atoms with Gasteiger partial charge in [0, 0.05) is 32.7 Å². The molecule has 3 aromatic heterocycles. The highest BCUT2D eigenvalue weighted by Crippen LogP contribution is 2.38. The lowest BCUT2D eigenvalue weighted by Crippen LogP contribution is -2.07. The van der Waals surface area contributed by atoms with Gasteiger partial charge in [0.2, 0.25) is 5.95 Å². The van der Waals surface area contributed by atoms with Gasteiger partial charge >= 0.3 is 0 Å². The molecule has 0 saturated heterocycles. The van der Waals surface area contributed by atoms with E-state index in [4.69, 9.17) is 21.8 Å². The number of aromatic nitrogens is 5. The van der Waals surface area contributed by atoms with Crippen LogP contribution in [0.5, 0.6) is 0 Å². The molecule has 0 fully saturated rings. The highest BCUT2D eigenvalue weighted by atomic mass is 15.2. The van der Waals surface area contributed by atoms with Gasteiger partial charge in [-0.1, -0.05) is 88.9 Å². The van der Waals surface area contributed by atoms with Crippen molar-refractivity contribution in [1.29, 1.82) is 0 Å². The summed E-state index contributed by atoms with van der Waals surface area (Å²) in [5.41, 5.74) is 9.78. The standard InChI is InChI=1S/C43H33N5/c1-26-14-18-37-32(22-26)33-23-27(2)15-19-38(33)47(37)36-13-9-8-12-31(36)42-44-41(30-10-6-5-7-11-30)45-43(46-42)48-39-20-16-28(3)24-34(39)35-25-29(4)17-21-40(35)48/h5-25H,1-4H3/i5D,6D,7D,10D,11D. The van der Waals surface area contributed by atoms with Crippen LogP contribution in [0.1, 0.15) is 29.1 Å². The van der Waals surface area contributed by atoms with Gasteiger partial charge in [-0.05, 0) is 88.4 Å². The maximum atomic E-state index is 8.89. The molecule has 5 heteroatoms. The molecular formula is C43H33N5. The summed E-state index contributed by atoms with van der Waals surface area (Å²) in [6.45, 7) is 8.31. The van der Waals surface area contributed by atoms with E-state index < -0.39 is 18.1 Å². The van der Waals surface area contributed by atoms with Crippen LogP contribution in [-0.2, 0) is 0 Å². The fourth-order valence-electron chi connectivity index (χ4n) is 6.89. The van der Waals surface area contributed by atoms with E-state index in [2.05, 4.69) is 80.8 Å². The second-order valence-electron chi connectivity index (χ2n) is 12.6. The number of fused-ring (bicyclic) bond motifs is 6. The van der Waals surface area contributed by atoms with Crippen molar-refractivity contribution in [2.45, 2.75) is 27.7 Å². The summed E-state index contributed by atoms with van der Waals surface area (Å²) in [6.07, 6.45) is 0. The van der Waals surface area contributed by atoms with Crippen molar-refractivity contribution in [2.24, 2.45) is 0 Å². The molecule has 0 bridgehead atoms. The zero-order chi connectivity index (χ0) is 36.9. The van der Waals surface area contributed by atoms with Crippen LogP contribution in [0, 0.1) is 27.7 Å². The Labute approximate surface area is 285 Å². The molecule has 0 aliphatic heterocycles. The van der Waals surface area contributed by atoms with Gasteiger partial charge in [0.1, 0.15) is 0 Å². The molecule has 0 atom stereocenters. The Balaban J connectivity index is 1.40. The van der Waals surface area contributed by atoms with Crippen LogP contribution in [-0.4, -0.2) is 24.1 Å². The Bertz CT molecular complexity index is 2870. The first-order valence-electron chi connectivity index (χ1n) is 18.5. The largest absolute Gasteiger partial charge is 0.309 e. The average Bonchev–Trinajstić information content (AvgIpc) is 3.64. The molecule has 0 radical (unpaired) electrons. The van der Waals surface area contributed by atoms with E-state index in [9.17, 15) is 0 Å². The summed E-state index contributed by atoms with van der Waals surface area (Å²) >= 11 is 0. The fraction of sp³-hybridized carbons (Fsp3) is 0.0930. The maximum absolute atomic E-state index is 8.89. The van der Waals surface area contributed by atoms with Crippen LogP contribution in [0.25, 0.3) is 78.0 Å². The number of benzene rings is 6. The van der Waals surface area contributed by atoms with Gasteiger partial charge in [-0.2, -0.15) is 9.97 Å². The lowest BCUT2D eigenvalue weighted by atomic mass is 10.1. The molecule has 6 aromatic carbocycles. The van der Waals surface area contributed by atoms with Gasteiger partial charge in [-0.15, -0.1) is 0 Å². The minimum absolute atomic E-state index is 0.0144. The molecule has 0 aliphatic rings. The van der Waals surface area contributed by atoms with E-state index in [-0.39, 0.29) is 29.4 Å². The molecule has 5 nitrogen and oxygen atoms in total. The van der Waals surface area contributed by atoms with Gasteiger partial charge in [0.25, 0.3) is 0 Å². The average molecular weight is 625 g/mol. The Kier molecular flexibility index (Phi) is 5.21. The number of hydrogen-bond acceptors (Lipinski definition) is 3. The normalized spacial score (nSPS) is 13.2. The Morgan fingerprint density at radius 1 is 0.479 bits per heavy atom. The van der Waals surface area contributed by atoms with Crippen molar-refractivity contribution in [3.05, 3.63) is 150 Å². The summed E-state index contributed by atoms with van der Waals surface area (Å²) < 4.78 is 47.2. The molecule has 3 heterocycles. The zero-order valence-corrected chi connectivity index (χ0v) is 27.0. The number of aryl methyl sites for hydroxylation is 4. The van der Waals surface area contributed by atoms with E-state index in [1.54, 1.807) is 0 Å². The molecule has 9 rings (SSSR count). The lowest BCUT2D eigenvalue weighted by Gasteiger charge is -2.15. The summed E-state index contributed by atoms with van der Waals surface area (Å²) in [5, 5.41) is 4.33. The minimum atomic E-state index is -0.478. The number of hydrogen-bond donors (Lipinski definition) is 0. The van der Waals surface area contributed by atoms with Gasteiger partial charge < -0.3 is 4.57 Å². The molecule has 0 amide bonds. The SMILES string of the molecule is [2H]c1c([2H])c([2H])c(-c2nc(-c3ccccc3-n3c4ccc(C)cc4c4cc(C)ccc43)nc(-n3c4ccc(C)cc4c4cc(C)ccc43)n2)c([2H])c1[2H]. The van der Waals surface area contributed by atoms with Crippen LogP contribution in [0.2, 0.25) is 0 Å².